The molecule has 2 N–H and O–H groups in total. The number of nitrogens with one attached hydrogen (secondary N) is 2. The molecule has 5 aliphatic rings. The predicted molar refractivity (Wildman–Crippen MR) is 226 cm³/mol. The number of ether oxygens (including phenoxy) is 3. The standard InChI is InChI=1S/C45H65N5O9S/c1-9-27-24-45(27,40(53)49-60(55,56)43(6)21-22-43)25-34(51)36-30(10-2)35-26-50(36)39(52)37(42(3,4)5)48-41(54)59-44(7)20-14-16-28(44)15-12-11-13-17-32-38(58-35)47-33-23-29(57-8)18-19-31(33)46-32/h18-19,23,27-28,30,35-37H,9-17,20-22,24-26H2,1-8H3,(H,48,54)(H,49,53)/t27-,28-,30-,35+,36+,37-,44-,45-/m1/s1. The van der Waals surface area contributed by atoms with Crippen LogP contribution in [-0.2, 0) is 35.6 Å². The number of hydrogen-bond donors (Lipinski definition) is 2. The van der Waals surface area contributed by atoms with Gasteiger partial charge in [-0.2, -0.15) is 0 Å². The van der Waals surface area contributed by atoms with Gasteiger partial charge in [0.05, 0.1) is 40.9 Å². The molecule has 0 unspecified atom stereocenters. The predicted octanol–water partition coefficient (Wildman–Crippen LogP) is 6.81. The Morgan fingerprint density at radius 3 is 2.38 bits per heavy atom. The number of aryl methyl sites for hydroxylation is 1. The van der Waals surface area contributed by atoms with E-state index in [2.05, 4.69) is 10.0 Å². The van der Waals surface area contributed by atoms with Crippen LogP contribution in [0.3, 0.4) is 0 Å². The Morgan fingerprint density at radius 1 is 1.00 bits per heavy atom. The van der Waals surface area contributed by atoms with Crippen LogP contribution < -0.4 is 19.5 Å². The largest absolute Gasteiger partial charge is 0.497 e. The molecule has 1 aromatic carbocycles. The Kier molecular flexibility index (Phi) is 12.0. The average molecular weight is 852 g/mol. The second-order valence-corrected chi connectivity index (χ2v) is 22.0. The zero-order valence-corrected chi connectivity index (χ0v) is 37.5. The van der Waals surface area contributed by atoms with E-state index in [1.807, 2.05) is 53.7 Å². The minimum Gasteiger partial charge on any atom is -0.497 e. The van der Waals surface area contributed by atoms with Gasteiger partial charge in [-0.3, -0.25) is 19.1 Å². The number of benzene rings is 1. The molecule has 3 aliphatic carbocycles. The number of ketones is 1. The molecule has 15 heteroatoms. The van der Waals surface area contributed by atoms with Crippen molar-refractivity contribution in [1.82, 2.24) is 24.9 Å². The SMILES string of the molecule is CC[C@@H]1[C@@H]2CN(C(=O)[C@H](C(C)(C)C)NC(=O)O[C@]3(C)CCC[C@H]3CCCCCc3nc4ccc(OC)cc4nc3O2)[C@@H]1C(=O)C[C@]1(C(=O)NS(=O)(=O)C2(C)CC2)C[C@H]1CC. The van der Waals surface area contributed by atoms with Gasteiger partial charge in [-0.05, 0) is 107 Å². The van der Waals surface area contributed by atoms with Crippen LogP contribution in [0.2, 0.25) is 0 Å². The minimum atomic E-state index is -3.95. The number of aromatic nitrogens is 2. The molecule has 4 fully saturated rings. The summed E-state index contributed by atoms with van der Waals surface area (Å²) < 4.78 is 46.5. The number of alkyl carbamates (subject to hydrolysis) is 1. The molecule has 0 spiro atoms. The van der Waals surface area contributed by atoms with E-state index in [9.17, 15) is 18.0 Å². The van der Waals surface area contributed by atoms with Gasteiger partial charge in [0.2, 0.25) is 27.7 Å². The van der Waals surface area contributed by atoms with Gasteiger partial charge in [0, 0.05) is 18.4 Å². The maximum Gasteiger partial charge on any atom is 0.408 e. The first kappa shape index (κ1) is 44.1. The number of hydrogen-bond acceptors (Lipinski definition) is 11. The molecule has 60 heavy (non-hydrogen) atoms. The number of fused-ring (bicyclic) bond motifs is 5. The van der Waals surface area contributed by atoms with Crippen molar-refractivity contribution in [2.45, 2.75) is 167 Å². The summed E-state index contributed by atoms with van der Waals surface area (Å²) in [6, 6.07) is 3.41. The first-order valence-corrected chi connectivity index (χ1v) is 23.7. The van der Waals surface area contributed by atoms with Gasteiger partial charge in [-0.15, -0.1) is 0 Å². The second-order valence-electron chi connectivity index (χ2n) is 19.8. The fraction of sp³-hybridized carbons (Fsp3) is 0.733. The highest BCUT2D eigenvalue weighted by atomic mass is 32.2. The van der Waals surface area contributed by atoms with Crippen LogP contribution in [0.4, 0.5) is 4.79 Å². The smallest absolute Gasteiger partial charge is 0.408 e. The van der Waals surface area contributed by atoms with Crippen LogP contribution in [0.1, 0.15) is 138 Å². The van der Waals surface area contributed by atoms with Gasteiger partial charge in [0.1, 0.15) is 29.2 Å². The summed E-state index contributed by atoms with van der Waals surface area (Å²) in [6.45, 7) is 13.1. The van der Waals surface area contributed by atoms with Crippen molar-refractivity contribution < 1.29 is 41.8 Å². The van der Waals surface area contributed by atoms with Crippen LogP contribution in [-0.4, -0.2) is 89.2 Å². The molecule has 2 aliphatic heterocycles. The van der Waals surface area contributed by atoms with Gasteiger partial charge in [0.25, 0.3) is 0 Å². The normalized spacial score (nSPS) is 32.0. The minimum absolute atomic E-state index is 0.0112. The first-order chi connectivity index (χ1) is 28.3. The molecular formula is C45H65N5O9S. The third-order valence-electron chi connectivity index (χ3n) is 14.6. The topological polar surface area (TPSA) is 183 Å². The van der Waals surface area contributed by atoms with E-state index in [1.54, 1.807) is 20.1 Å². The maximum atomic E-state index is 15.2. The number of carbonyl (C=O) groups excluding carboxylic acids is 4. The summed E-state index contributed by atoms with van der Waals surface area (Å²) in [5.41, 5.74) is -0.735. The number of amides is 3. The number of methoxy groups -OCH3 is 1. The van der Waals surface area contributed by atoms with Crippen molar-refractivity contribution in [3.63, 3.8) is 0 Å². The lowest BCUT2D eigenvalue weighted by atomic mass is 9.83. The summed E-state index contributed by atoms with van der Waals surface area (Å²) in [7, 11) is -2.36. The van der Waals surface area contributed by atoms with Gasteiger partial charge in [-0.1, -0.05) is 53.9 Å². The lowest BCUT2D eigenvalue weighted by molar-refractivity contribution is -0.143. The van der Waals surface area contributed by atoms with Crippen LogP contribution in [0.5, 0.6) is 11.6 Å². The summed E-state index contributed by atoms with van der Waals surface area (Å²) in [4.78, 5) is 69.6. The fourth-order valence-corrected chi connectivity index (χ4v) is 11.6. The summed E-state index contributed by atoms with van der Waals surface area (Å²) >= 11 is 0. The molecule has 2 bridgehead atoms. The molecule has 8 atom stereocenters. The first-order valence-electron chi connectivity index (χ1n) is 22.2. The zero-order chi connectivity index (χ0) is 43.4. The maximum absolute atomic E-state index is 15.2. The van der Waals surface area contributed by atoms with Crippen LogP contribution in [0, 0.1) is 28.6 Å². The Labute approximate surface area is 355 Å². The van der Waals surface area contributed by atoms with Gasteiger partial charge < -0.3 is 24.4 Å². The quantitative estimate of drug-likeness (QED) is 0.270. The third kappa shape index (κ3) is 8.44. The van der Waals surface area contributed by atoms with Crippen LogP contribution in [0.25, 0.3) is 11.0 Å². The van der Waals surface area contributed by atoms with E-state index >= 15 is 9.59 Å². The Morgan fingerprint density at radius 2 is 1.73 bits per heavy atom. The van der Waals surface area contributed by atoms with E-state index in [0.29, 0.717) is 66.9 Å². The molecule has 14 nitrogen and oxygen atoms in total. The van der Waals surface area contributed by atoms with Crippen molar-refractivity contribution in [3.05, 3.63) is 23.9 Å². The van der Waals surface area contributed by atoms with E-state index in [4.69, 9.17) is 24.2 Å². The lowest BCUT2D eigenvalue weighted by Crippen LogP contribution is -2.58. The monoisotopic (exact) mass is 851 g/mol. The molecule has 1 saturated heterocycles. The summed E-state index contributed by atoms with van der Waals surface area (Å²) in [5, 5.41) is 2.94. The Balaban J connectivity index is 1.28. The van der Waals surface area contributed by atoms with Crippen molar-refractivity contribution in [2.24, 2.45) is 28.6 Å². The van der Waals surface area contributed by atoms with Gasteiger partial charge >= 0.3 is 6.09 Å². The highest BCUT2D eigenvalue weighted by Crippen LogP contribution is 2.58. The number of Topliss-reactive ketones (excluding diaryl/α,β-unsaturated/α-hetero) is 1. The molecule has 3 amide bonds. The van der Waals surface area contributed by atoms with E-state index < -0.39 is 73.2 Å². The molecule has 330 valence electrons. The lowest BCUT2D eigenvalue weighted by Gasteiger charge is -2.37. The van der Waals surface area contributed by atoms with E-state index in [-0.39, 0.29) is 30.6 Å². The Hall–Kier alpha value is -4.01. The second kappa shape index (κ2) is 16.4. The van der Waals surface area contributed by atoms with Crippen LogP contribution in [0.15, 0.2) is 18.2 Å². The fourth-order valence-electron chi connectivity index (χ4n) is 10.2. The number of carbonyl (C=O) groups is 4. The number of rotatable bonds is 9. The molecule has 7 rings (SSSR count). The van der Waals surface area contributed by atoms with Crippen LogP contribution >= 0.6 is 0 Å². The van der Waals surface area contributed by atoms with Crippen molar-refractivity contribution in [1.29, 1.82) is 0 Å². The summed E-state index contributed by atoms with van der Waals surface area (Å²) in [5.74, 6) is -1.07. The summed E-state index contributed by atoms with van der Waals surface area (Å²) in [6.07, 6.45) is 7.54. The average Bonchev–Trinajstić information content (AvgIpc) is 4.04. The van der Waals surface area contributed by atoms with Crippen molar-refractivity contribution in [2.75, 3.05) is 13.7 Å². The number of nitrogens with zero attached hydrogens (tertiary/aromatic N) is 3. The Bertz CT molecular complexity index is 2120. The van der Waals surface area contributed by atoms with Crippen molar-refractivity contribution in [3.8, 4) is 11.6 Å². The highest BCUT2D eigenvalue weighted by molar-refractivity contribution is 7.91. The molecule has 1 aromatic heterocycles. The molecule has 3 heterocycles. The third-order valence-corrected chi connectivity index (χ3v) is 16.8. The molecule has 3 saturated carbocycles. The van der Waals surface area contributed by atoms with E-state index in [1.165, 1.54) is 4.90 Å². The van der Waals surface area contributed by atoms with Gasteiger partial charge in [-0.25, -0.2) is 23.2 Å². The molecular weight excluding hydrogens is 787 g/mol. The van der Waals surface area contributed by atoms with Gasteiger partial charge in [0.15, 0.2) is 5.78 Å². The molecule has 0 radical (unpaired) electrons. The number of sulfonamides is 1. The van der Waals surface area contributed by atoms with Crippen molar-refractivity contribution >= 4 is 44.7 Å². The van der Waals surface area contributed by atoms with E-state index in [0.717, 1.165) is 44.9 Å². The molecule has 2 aromatic rings. The zero-order valence-electron chi connectivity index (χ0n) is 36.7. The highest BCUT2D eigenvalue weighted by Gasteiger charge is 2.63.